The van der Waals surface area contributed by atoms with Crippen LogP contribution in [0.2, 0.25) is 0 Å². The summed E-state index contributed by atoms with van der Waals surface area (Å²) in [6.07, 6.45) is 15.2. The largest absolute Gasteiger partial charge is 0.493 e. The molecule has 56 heavy (non-hydrogen) atoms. The van der Waals surface area contributed by atoms with Gasteiger partial charge < -0.3 is 24.4 Å². The number of esters is 2. The Labute approximate surface area is 339 Å². The van der Waals surface area contributed by atoms with Crippen LogP contribution in [0, 0.1) is 16.7 Å². The molecule has 1 aliphatic rings. The summed E-state index contributed by atoms with van der Waals surface area (Å²) >= 11 is 0. The Morgan fingerprint density at radius 1 is 0.750 bits per heavy atom. The Kier molecular flexibility index (Phi) is 19.4. The van der Waals surface area contributed by atoms with Crippen LogP contribution >= 0.6 is 0 Å². The zero-order chi connectivity index (χ0) is 41.3. The van der Waals surface area contributed by atoms with E-state index in [2.05, 4.69) is 57.3 Å². The van der Waals surface area contributed by atoms with Gasteiger partial charge in [0.2, 0.25) is 0 Å². The normalized spacial score (nSPS) is 16.0. The fraction of sp³-hybridized carbons (Fsp3) is 0.633. The average molecular weight is 775 g/mol. The van der Waals surface area contributed by atoms with Crippen molar-refractivity contribution in [2.24, 2.45) is 16.7 Å². The first-order valence-electron chi connectivity index (χ1n) is 21.5. The highest BCUT2D eigenvalue weighted by atomic mass is 16.5. The predicted octanol–water partition coefficient (Wildman–Crippen LogP) is 11.0. The van der Waals surface area contributed by atoms with Crippen molar-refractivity contribution < 1.29 is 34.0 Å². The molecule has 0 bridgehead atoms. The molecule has 1 aliphatic carbocycles. The predicted molar refractivity (Wildman–Crippen MR) is 229 cm³/mol. The van der Waals surface area contributed by atoms with Crippen LogP contribution in [0.25, 0.3) is 11.1 Å². The van der Waals surface area contributed by atoms with Crippen molar-refractivity contribution in [3.05, 3.63) is 76.9 Å². The van der Waals surface area contributed by atoms with Gasteiger partial charge in [0.15, 0.2) is 0 Å². The lowest BCUT2D eigenvalue weighted by molar-refractivity contribution is -0.139. The van der Waals surface area contributed by atoms with E-state index in [0.717, 1.165) is 34.8 Å². The first kappa shape index (κ1) is 47.0. The molecule has 2 aromatic rings. The third-order valence-corrected chi connectivity index (χ3v) is 12.2. The lowest BCUT2D eigenvalue weighted by atomic mass is 9.65. The maximum absolute atomic E-state index is 12.2. The van der Waals surface area contributed by atoms with E-state index in [4.69, 9.17) is 14.2 Å². The van der Waals surface area contributed by atoms with E-state index >= 15 is 0 Å². The molecule has 0 heterocycles. The molecule has 7 heteroatoms. The van der Waals surface area contributed by atoms with E-state index in [0.29, 0.717) is 62.2 Å². The first-order valence-corrected chi connectivity index (χ1v) is 21.5. The van der Waals surface area contributed by atoms with Gasteiger partial charge in [-0.3, -0.25) is 0 Å². The Hall–Kier alpha value is -3.42. The second-order valence-corrected chi connectivity index (χ2v) is 17.4. The molecule has 3 rings (SSSR count). The fourth-order valence-electron chi connectivity index (χ4n) is 8.12. The van der Waals surface area contributed by atoms with Gasteiger partial charge in [0.05, 0.1) is 33.0 Å². The lowest BCUT2D eigenvalue weighted by Gasteiger charge is -2.42. The monoisotopic (exact) mass is 775 g/mol. The van der Waals surface area contributed by atoms with Crippen molar-refractivity contribution in [1.29, 1.82) is 0 Å². The number of ether oxygens (including phenoxy) is 3. The van der Waals surface area contributed by atoms with Gasteiger partial charge in [0.1, 0.15) is 5.75 Å². The van der Waals surface area contributed by atoms with Crippen LogP contribution in [-0.2, 0) is 38.3 Å². The average Bonchev–Trinajstić information content (AvgIpc) is 3.18. The molecule has 7 nitrogen and oxygen atoms in total. The minimum atomic E-state index is -0.636. The van der Waals surface area contributed by atoms with Crippen LogP contribution in [0.15, 0.2) is 54.6 Å². The standard InChI is InChI=1S/C49H74O7/c1-10-12-13-17-37-20-22-39(23-21-37)40-24-25-44(38(11-2)30-40)43-31-41(18-14-27-55-46(52)35(3)4)45(42(32-43)19-15-28-56-47(53)36(5)6)54-29-16-26-49(33-50,34-51)48(7,8)9/h24-25,30-32,37,39,50-51H,3,5,10-23,26-29,33-34H2,1-2,4,6-9H3. The molecule has 0 atom stereocenters. The van der Waals surface area contributed by atoms with E-state index in [1.54, 1.807) is 13.8 Å². The van der Waals surface area contributed by atoms with Gasteiger partial charge in [-0.25, -0.2) is 9.59 Å². The number of carbonyl (C=O) groups excluding carboxylic acids is 2. The third kappa shape index (κ3) is 13.6. The summed E-state index contributed by atoms with van der Waals surface area (Å²) < 4.78 is 17.6. The summed E-state index contributed by atoms with van der Waals surface area (Å²) in [5, 5.41) is 20.7. The van der Waals surface area contributed by atoms with E-state index in [1.165, 1.54) is 68.1 Å². The number of rotatable bonds is 24. The minimum Gasteiger partial charge on any atom is -0.493 e. The molecule has 1 saturated carbocycles. The Morgan fingerprint density at radius 3 is 1.80 bits per heavy atom. The van der Waals surface area contributed by atoms with Crippen molar-refractivity contribution in [3.8, 4) is 16.9 Å². The summed E-state index contributed by atoms with van der Waals surface area (Å²) in [6.45, 7) is 22.1. The molecule has 0 spiro atoms. The van der Waals surface area contributed by atoms with Gasteiger partial charge in [-0.05, 0) is 147 Å². The highest BCUT2D eigenvalue weighted by molar-refractivity contribution is 5.87. The van der Waals surface area contributed by atoms with Gasteiger partial charge in [-0.1, -0.05) is 91.7 Å². The van der Waals surface area contributed by atoms with E-state index in [1.807, 2.05) is 20.8 Å². The van der Waals surface area contributed by atoms with Gasteiger partial charge in [-0.2, -0.15) is 0 Å². The second-order valence-electron chi connectivity index (χ2n) is 17.4. The third-order valence-electron chi connectivity index (χ3n) is 12.2. The molecule has 0 amide bonds. The number of benzene rings is 2. The Balaban J connectivity index is 1.98. The van der Waals surface area contributed by atoms with Crippen LogP contribution in [0.1, 0.15) is 154 Å². The number of hydrogen-bond acceptors (Lipinski definition) is 7. The van der Waals surface area contributed by atoms with Gasteiger partial charge in [0, 0.05) is 16.6 Å². The number of aliphatic hydroxyl groups excluding tert-OH is 2. The van der Waals surface area contributed by atoms with Crippen LogP contribution in [0.4, 0.5) is 0 Å². The fourth-order valence-corrected chi connectivity index (χ4v) is 8.12. The maximum Gasteiger partial charge on any atom is 0.333 e. The maximum atomic E-state index is 12.2. The summed E-state index contributed by atoms with van der Waals surface area (Å²) in [5.74, 6) is 1.49. The zero-order valence-corrected chi connectivity index (χ0v) is 36.0. The number of carbonyl (C=O) groups is 2. The van der Waals surface area contributed by atoms with Crippen molar-refractivity contribution in [1.82, 2.24) is 0 Å². The molecule has 0 unspecified atom stereocenters. The topological polar surface area (TPSA) is 102 Å². The zero-order valence-electron chi connectivity index (χ0n) is 36.0. The highest BCUT2D eigenvalue weighted by Crippen LogP contribution is 2.43. The number of aryl methyl sites for hydroxylation is 3. The van der Waals surface area contributed by atoms with E-state index in [9.17, 15) is 19.8 Å². The molecule has 2 N–H and O–H groups in total. The van der Waals surface area contributed by atoms with Crippen molar-refractivity contribution in [2.75, 3.05) is 33.0 Å². The summed E-state index contributed by atoms with van der Waals surface area (Å²) in [4.78, 5) is 24.4. The number of aliphatic hydroxyl groups is 2. The number of unbranched alkanes of at least 4 members (excludes halogenated alkanes) is 2. The second kappa shape index (κ2) is 23.1. The van der Waals surface area contributed by atoms with Gasteiger partial charge in [-0.15, -0.1) is 0 Å². The van der Waals surface area contributed by atoms with E-state index in [-0.39, 0.29) is 31.8 Å². The highest BCUT2D eigenvalue weighted by Gasteiger charge is 2.40. The van der Waals surface area contributed by atoms with Crippen LogP contribution < -0.4 is 4.74 Å². The Morgan fingerprint density at radius 2 is 1.32 bits per heavy atom. The molecule has 0 aliphatic heterocycles. The first-order chi connectivity index (χ1) is 26.7. The van der Waals surface area contributed by atoms with Crippen LogP contribution in [0.5, 0.6) is 5.75 Å². The number of hydrogen-bond donors (Lipinski definition) is 2. The van der Waals surface area contributed by atoms with Crippen molar-refractivity contribution in [2.45, 2.75) is 151 Å². The molecular weight excluding hydrogens is 701 g/mol. The minimum absolute atomic E-state index is 0.108. The summed E-state index contributed by atoms with van der Waals surface area (Å²) in [5.41, 5.74) is 6.99. The van der Waals surface area contributed by atoms with Crippen LogP contribution in [0.3, 0.4) is 0 Å². The Bertz CT molecular complexity index is 1510. The van der Waals surface area contributed by atoms with Crippen molar-refractivity contribution in [3.63, 3.8) is 0 Å². The molecule has 312 valence electrons. The lowest BCUT2D eigenvalue weighted by Crippen LogP contribution is -2.42. The quantitative estimate of drug-likeness (QED) is 0.0622. The van der Waals surface area contributed by atoms with Crippen molar-refractivity contribution >= 4 is 11.9 Å². The summed E-state index contributed by atoms with van der Waals surface area (Å²) in [7, 11) is 0. The smallest absolute Gasteiger partial charge is 0.333 e. The molecular formula is C49H74O7. The van der Waals surface area contributed by atoms with E-state index < -0.39 is 17.4 Å². The molecule has 0 saturated heterocycles. The van der Waals surface area contributed by atoms with Crippen LogP contribution in [-0.4, -0.2) is 55.2 Å². The summed E-state index contributed by atoms with van der Waals surface area (Å²) in [6, 6.07) is 11.6. The van der Waals surface area contributed by atoms with Gasteiger partial charge >= 0.3 is 11.9 Å². The molecule has 0 aromatic heterocycles. The molecule has 2 aromatic carbocycles. The van der Waals surface area contributed by atoms with Gasteiger partial charge in [0.25, 0.3) is 0 Å². The molecule has 0 radical (unpaired) electrons. The SMILES string of the molecule is C=C(C)C(=O)OCCCc1cc(-c2ccc(C3CCC(CCCCC)CC3)cc2CC)cc(CCCOC(=O)C(=C)C)c1OCCCC(CO)(CO)C(C)(C)C. The molecule has 1 fully saturated rings.